The van der Waals surface area contributed by atoms with Crippen LogP contribution in [0.1, 0.15) is 130 Å². The smallest absolute Gasteiger partial charge is 0.220 e. The molecule has 0 bridgehead atoms. The van der Waals surface area contributed by atoms with Crippen molar-refractivity contribution in [1.29, 1.82) is 0 Å². The first-order valence-corrected chi connectivity index (χ1v) is 23.9. The van der Waals surface area contributed by atoms with Crippen LogP contribution in [0.2, 0.25) is 0 Å². The third-order valence-corrected chi connectivity index (χ3v) is 17.9. The molecule has 0 saturated heterocycles. The van der Waals surface area contributed by atoms with Gasteiger partial charge in [-0.05, 0) is 142 Å². The Hall–Kier alpha value is -3.52. The fraction of sp³-hybridized carbons (Fsp3) is 0.630. The minimum absolute atomic E-state index is 0.0495. The van der Waals surface area contributed by atoms with Crippen LogP contribution in [0.15, 0.2) is 84.6 Å². The number of amides is 1. The van der Waals surface area contributed by atoms with E-state index < -0.39 is 6.10 Å². The molecule has 0 aromatic heterocycles. The number of para-hydroxylation sites is 2. The molecular weight excluding hydrogens is 755 g/mol. The highest BCUT2D eigenvalue weighted by Gasteiger charge is 2.65. The van der Waals surface area contributed by atoms with E-state index in [1.54, 1.807) is 0 Å². The first-order chi connectivity index (χ1) is 29.0. The molecule has 4 aliphatic carbocycles. The molecule has 6 aliphatic rings. The molecule has 2 aliphatic heterocycles. The number of hydrogen-bond acceptors (Lipinski definition) is 5. The zero-order chi connectivity index (χ0) is 43.5. The molecule has 0 radical (unpaired) electrons. The van der Waals surface area contributed by atoms with Crippen LogP contribution in [-0.2, 0) is 15.6 Å². The van der Waals surface area contributed by atoms with Crippen LogP contribution in [-0.4, -0.2) is 70.0 Å². The summed E-state index contributed by atoms with van der Waals surface area (Å²) >= 11 is 0. The number of carbonyl (C=O) groups is 1. The van der Waals surface area contributed by atoms with Gasteiger partial charge < -0.3 is 25.5 Å². The Kier molecular flexibility index (Phi) is 12.2. The number of anilines is 1. The number of allylic oxidation sites excluding steroid dienone is 6. The van der Waals surface area contributed by atoms with Gasteiger partial charge in [-0.2, -0.15) is 4.58 Å². The number of nitrogens with one attached hydrogen (secondary N) is 1. The highest BCUT2D eigenvalue weighted by Crippen LogP contribution is 2.68. The summed E-state index contributed by atoms with van der Waals surface area (Å²) in [5, 5.41) is 37.3. The highest BCUT2D eigenvalue weighted by molar-refractivity contribution is 6.03. The minimum Gasteiger partial charge on any atom is -0.393 e. The van der Waals surface area contributed by atoms with E-state index in [1.807, 2.05) is 0 Å². The number of hydrogen-bond donors (Lipinski definition) is 4. The molecule has 7 heteroatoms. The predicted octanol–water partition coefficient (Wildman–Crippen LogP) is 9.76. The molecule has 4 N–H and O–H groups in total. The maximum absolute atomic E-state index is 13.3. The van der Waals surface area contributed by atoms with Gasteiger partial charge in [-0.3, -0.25) is 4.79 Å². The molecule has 2 aromatic carbocycles. The van der Waals surface area contributed by atoms with Gasteiger partial charge in [-0.1, -0.05) is 89.2 Å². The second-order valence-corrected chi connectivity index (χ2v) is 21.8. The number of carbonyl (C=O) groups excluding carboxylic acids is 1. The molecule has 2 aromatic rings. The fourth-order valence-corrected chi connectivity index (χ4v) is 14.4. The van der Waals surface area contributed by atoms with Gasteiger partial charge in [0.2, 0.25) is 11.6 Å². The summed E-state index contributed by atoms with van der Waals surface area (Å²) in [6.45, 7) is 17.8. The average Bonchev–Trinajstić information content (AvgIpc) is 3.76. The van der Waals surface area contributed by atoms with E-state index in [1.165, 1.54) is 33.9 Å². The Bertz CT molecular complexity index is 2080. The van der Waals surface area contributed by atoms with E-state index in [0.717, 1.165) is 70.8 Å². The summed E-state index contributed by atoms with van der Waals surface area (Å²) in [5.74, 6) is 1.92. The van der Waals surface area contributed by atoms with E-state index >= 15 is 0 Å². The van der Waals surface area contributed by atoms with E-state index in [0.29, 0.717) is 42.6 Å². The van der Waals surface area contributed by atoms with Gasteiger partial charge in [-0.15, -0.1) is 0 Å². The maximum Gasteiger partial charge on any atom is 0.220 e. The zero-order valence-electron chi connectivity index (χ0n) is 38.5. The SMILES string of the molecule is C[C@H](CCC(=O)NCCCCN1/C(=C/C=C/C=C/C2=[N+](C)c3ccccc3C2(C)C)C(C)(C)c2ccccc21)[C@H]1CC[C@H]2[C@@H]3[C@H](O)CC4C[C@H](O)CC[C@]4(C)[C@H]3C[C@H](O)[C@]12C. The number of benzene rings is 2. The number of nitrogens with zero attached hydrogens (tertiary/aromatic N) is 2. The van der Waals surface area contributed by atoms with Gasteiger partial charge in [0.25, 0.3) is 0 Å². The summed E-state index contributed by atoms with van der Waals surface area (Å²) in [7, 11) is 2.16. The van der Waals surface area contributed by atoms with Gasteiger partial charge in [0.1, 0.15) is 7.05 Å². The second-order valence-electron chi connectivity index (χ2n) is 21.8. The molecule has 7 nitrogen and oxygen atoms in total. The van der Waals surface area contributed by atoms with E-state index in [2.05, 4.69) is 149 Å². The van der Waals surface area contributed by atoms with Gasteiger partial charge in [0.05, 0.1) is 23.7 Å². The van der Waals surface area contributed by atoms with Crippen molar-refractivity contribution in [2.45, 2.75) is 148 Å². The maximum atomic E-state index is 13.3. The van der Waals surface area contributed by atoms with Crippen molar-refractivity contribution in [2.75, 3.05) is 25.0 Å². The first kappa shape index (κ1) is 44.1. The second kappa shape index (κ2) is 16.9. The van der Waals surface area contributed by atoms with Crippen LogP contribution in [0.3, 0.4) is 0 Å². The summed E-state index contributed by atoms with van der Waals surface area (Å²) in [5.41, 5.74) is 7.51. The van der Waals surface area contributed by atoms with Crippen molar-refractivity contribution >= 4 is 23.0 Å². The van der Waals surface area contributed by atoms with Gasteiger partial charge in [-0.25, -0.2) is 0 Å². The fourth-order valence-electron chi connectivity index (χ4n) is 14.4. The Morgan fingerprint density at radius 3 is 2.38 bits per heavy atom. The van der Waals surface area contributed by atoms with E-state index in [9.17, 15) is 20.1 Å². The molecule has 8 rings (SSSR count). The Balaban J connectivity index is 0.832. The normalized spacial score (nSPS) is 35.9. The molecule has 11 atom stereocenters. The Morgan fingerprint density at radius 2 is 1.61 bits per heavy atom. The van der Waals surface area contributed by atoms with Crippen molar-refractivity contribution in [3.63, 3.8) is 0 Å². The van der Waals surface area contributed by atoms with Crippen molar-refractivity contribution in [3.05, 3.63) is 95.7 Å². The number of unbranched alkanes of at least 4 members (excludes halogenated alkanes) is 1. The van der Waals surface area contributed by atoms with Crippen molar-refractivity contribution in [2.24, 2.45) is 46.3 Å². The van der Waals surface area contributed by atoms with Crippen molar-refractivity contribution in [3.8, 4) is 0 Å². The summed E-state index contributed by atoms with van der Waals surface area (Å²) in [6, 6.07) is 17.5. The number of aliphatic hydroxyl groups is 3. The third-order valence-electron chi connectivity index (χ3n) is 17.9. The van der Waals surface area contributed by atoms with Crippen LogP contribution in [0, 0.1) is 46.3 Å². The van der Waals surface area contributed by atoms with Crippen LogP contribution in [0.5, 0.6) is 0 Å². The van der Waals surface area contributed by atoms with Crippen molar-refractivity contribution < 1.29 is 24.7 Å². The summed E-state index contributed by atoms with van der Waals surface area (Å²) in [4.78, 5) is 15.7. The largest absolute Gasteiger partial charge is 0.393 e. The first-order valence-electron chi connectivity index (χ1n) is 23.9. The molecular formula is C54H76N3O4+. The lowest BCUT2D eigenvalue weighted by Crippen LogP contribution is -2.62. The van der Waals surface area contributed by atoms with Gasteiger partial charge in [0, 0.05) is 54.0 Å². The lowest BCUT2D eigenvalue weighted by Gasteiger charge is -2.63. The minimum atomic E-state index is -0.400. The Labute approximate surface area is 367 Å². The quantitative estimate of drug-likeness (QED) is 0.0972. The molecule has 2 heterocycles. The molecule has 61 heavy (non-hydrogen) atoms. The number of aliphatic hydroxyl groups excluding tert-OH is 3. The van der Waals surface area contributed by atoms with Crippen molar-refractivity contribution in [1.82, 2.24) is 5.32 Å². The zero-order valence-corrected chi connectivity index (χ0v) is 38.5. The molecule has 4 fully saturated rings. The monoisotopic (exact) mass is 831 g/mol. The number of rotatable bonds is 12. The lowest BCUT2D eigenvalue weighted by atomic mass is 9.43. The predicted molar refractivity (Wildman–Crippen MR) is 248 cm³/mol. The van der Waals surface area contributed by atoms with Crippen LogP contribution in [0.4, 0.5) is 11.4 Å². The third kappa shape index (κ3) is 7.60. The average molecular weight is 831 g/mol. The topological polar surface area (TPSA) is 96.0 Å². The van der Waals surface area contributed by atoms with Crippen LogP contribution < -0.4 is 10.2 Å². The molecule has 330 valence electrons. The highest BCUT2D eigenvalue weighted by atomic mass is 16.3. The van der Waals surface area contributed by atoms with Gasteiger partial charge in [0.15, 0.2) is 5.71 Å². The summed E-state index contributed by atoms with van der Waals surface area (Å²) in [6.07, 6.45) is 19.4. The van der Waals surface area contributed by atoms with Gasteiger partial charge >= 0.3 is 0 Å². The summed E-state index contributed by atoms with van der Waals surface area (Å²) < 4.78 is 2.31. The standard InChI is InChI=1S/C54H75N3O4/c1-35(38-25-26-41-50-42(34-48(60)54(38,41)7)53(6)29-28-37(58)32-36(53)33-45(50)59)24-27-49(61)55-30-16-17-31-57-44-21-15-13-19-40(44)52(4,5)47(57)23-11-9-10-22-46-51(2,3)39-18-12-14-20-43(39)56(46)8/h9-15,18-23,35-38,41-42,45,48,50,58-60H,16-17,24-34H2,1-8H3/p+1/t35-,36?,37-,38-,41+,42+,45-,48+,50+,53+,54-/m1/s1. The molecule has 0 spiro atoms. The molecule has 4 saturated carbocycles. The Morgan fingerprint density at radius 1 is 0.869 bits per heavy atom. The van der Waals surface area contributed by atoms with E-state index in [4.69, 9.17) is 0 Å². The molecule has 1 unspecified atom stereocenters. The van der Waals surface area contributed by atoms with E-state index in [-0.39, 0.29) is 45.7 Å². The molecule has 1 amide bonds. The van der Waals surface area contributed by atoms with Crippen LogP contribution >= 0.6 is 0 Å². The number of fused-ring (bicyclic) bond motifs is 7. The lowest BCUT2D eigenvalue weighted by molar-refractivity contribution is -0.401. The van der Waals surface area contributed by atoms with Crippen LogP contribution in [0.25, 0.3) is 0 Å².